The Hall–Kier alpha value is -10.8. The van der Waals surface area contributed by atoms with Gasteiger partial charge in [0, 0.05) is 111 Å². The van der Waals surface area contributed by atoms with Gasteiger partial charge in [-0.05, 0) is 140 Å². The molecule has 8 N–H and O–H groups in total. The van der Waals surface area contributed by atoms with E-state index < -0.39 is 6.10 Å². The molecule has 2 heterocycles. The maximum absolute atomic E-state index is 11.6. The summed E-state index contributed by atoms with van der Waals surface area (Å²) in [5, 5.41) is 52.1. The van der Waals surface area contributed by atoms with Crippen molar-refractivity contribution in [3.05, 3.63) is 313 Å². The third kappa shape index (κ3) is 15.8. The second-order valence-corrected chi connectivity index (χ2v) is 23.5. The monoisotopic (exact) mass is 1390 g/mol. The predicted molar refractivity (Wildman–Crippen MR) is 410 cm³/mol. The molecule has 15 aromatic rings. The molecule has 100 heavy (non-hydrogen) atoms. The summed E-state index contributed by atoms with van der Waals surface area (Å²) in [6.07, 6.45) is 0.205. The minimum atomic E-state index is -0.678. The Kier molecular flexibility index (Phi) is 24.2. The number of rotatable bonds is 16. The first-order chi connectivity index (χ1) is 48.0. The molecule has 0 saturated carbocycles. The van der Waals surface area contributed by atoms with Gasteiger partial charge < -0.3 is 37.8 Å². The number of aromatic nitrogens is 2. The number of aromatic hydroxyl groups is 2. The SMILES string of the molecule is CC.CCc1ccccc1NOCc1cc2ccc3c4ccccc4[nH]c3c2c(N=Nc2ccc(NC)cc2)c1O.Cc1ccc(N(c2cc[c-]cc2)c2ccc(C)cc2)cc1.Cc1ccc(N=Nc2c(O)c(C(ON)c3ccccc3)cc3ccc4c5ccccc5[nH]c4c23)cc1.[CH3-].[Y]. The number of nitrogens with two attached hydrogens (primary N) is 1. The van der Waals surface area contributed by atoms with Crippen LogP contribution in [0.15, 0.2) is 281 Å². The number of para-hydroxylation sites is 3. The number of phenols is 2. The van der Waals surface area contributed by atoms with Crippen LogP contribution >= 0.6 is 0 Å². The van der Waals surface area contributed by atoms with E-state index in [2.05, 4.69) is 170 Å². The minimum absolute atomic E-state index is 0. The summed E-state index contributed by atoms with van der Waals surface area (Å²) in [4.78, 5) is 20.5. The normalized spacial score (nSPS) is 11.4. The van der Waals surface area contributed by atoms with Gasteiger partial charge in [0.1, 0.15) is 35.6 Å². The Morgan fingerprint density at radius 2 is 0.980 bits per heavy atom. The maximum Gasteiger partial charge on any atom is 0.150 e. The molecule has 0 aliphatic rings. The fourth-order valence-corrected chi connectivity index (χ4v) is 12.1. The van der Waals surface area contributed by atoms with Gasteiger partial charge in [-0.3, -0.25) is 15.2 Å². The molecule has 2 aromatic heterocycles. The molecule has 0 aliphatic heterocycles. The first kappa shape index (κ1) is 71.9. The molecule has 1 radical (unpaired) electrons. The molecule has 499 valence electrons. The summed E-state index contributed by atoms with van der Waals surface area (Å²) in [6.45, 7) is 12.5. The third-order valence-electron chi connectivity index (χ3n) is 17.2. The van der Waals surface area contributed by atoms with Crippen molar-refractivity contribution in [2.75, 3.05) is 22.7 Å². The van der Waals surface area contributed by atoms with E-state index >= 15 is 0 Å². The van der Waals surface area contributed by atoms with Gasteiger partial charge in [0.2, 0.25) is 0 Å². The number of nitrogens with zero attached hydrogens (tertiary/aromatic N) is 5. The van der Waals surface area contributed by atoms with Crippen molar-refractivity contribution >= 4 is 116 Å². The zero-order chi connectivity index (χ0) is 68.1. The van der Waals surface area contributed by atoms with Crippen LogP contribution in [0, 0.1) is 34.3 Å². The molecule has 14 nitrogen and oxygen atoms in total. The van der Waals surface area contributed by atoms with Crippen molar-refractivity contribution in [1.29, 1.82) is 0 Å². The molecule has 1 unspecified atom stereocenters. The number of fused-ring (bicyclic) bond motifs is 10. The Bertz CT molecular complexity index is 5230. The summed E-state index contributed by atoms with van der Waals surface area (Å²) in [5.41, 5.74) is 21.1. The van der Waals surface area contributed by atoms with Gasteiger partial charge >= 0.3 is 0 Å². The molecule has 0 bridgehead atoms. The number of H-pyrrole nitrogens is 2. The summed E-state index contributed by atoms with van der Waals surface area (Å²) < 4.78 is 0. The number of nitrogens with one attached hydrogen (secondary N) is 4. The van der Waals surface area contributed by atoms with Gasteiger partial charge in [0.05, 0.1) is 28.1 Å². The van der Waals surface area contributed by atoms with Crippen LogP contribution in [0.3, 0.4) is 0 Å². The van der Waals surface area contributed by atoms with Crippen LogP contribution in [0.25, 0.3) is 65.2 Å². The maximum atomic E-state index is 11.6. The summed E-state index contributed by atoms with van der Waals surface area (Å²) in [6, 6.07) is 89.8. The minimum Gasteiger partial charge on any atom is -0.505 e. The average Bonchev–Trinajstić information content (AvgIpc) is 1.50. The van der Waals surface area contributed by atoms with Crippen LogP contribution in [0.4, 0.5) is 51.2 Å². The Morgan fingerprint density at radius 1 is 0.510 bits per heavy atom. The standard InChI is InChI=1S/C32H29N5O2.C30H24N4O2.C20H18N.C2H6.CH3.Y/c1-3-20-8-4-6-10-27(20)37-39-19-22-18-21-12-17-26-25-9-5-7-11-28(25)34-30(26)29(21)31(32(22)38)36-35-24-15-13-23(33-2)14-16-24;1-18-11-14-21(15-12-18)33-34-28-26-20(13-16-23-22-9-5-6-10-25(22)32-27(23)26)17-24(29(28)35)30(36-31)19-7-3-2-4-8-19;1-16-8-12-19(13-9-16)21(18-6-4-3-5-7-18)20-14-10-17(2)11-15-20;1-2;;/h4-18,33-34,37-38H,3,19H2,1-2H3;2-17,30,32,35H,31H2,1H3;4-15H,1-2H3;1-2H3;1H3;/q;;-1;;-1;. The van der Waals surface area contributed by atoms with Crippen LogP contribution in [-0.2, 0) is 55.4 Å². The van der Waals surface area contributed by atoms with E-state index in [-0.39, 0.29) is 58.2 Å². The van der Waals surface area contributed by atoms with E-state index in [9.17, 15) is 10.2 Å². The van der Waals surface area contributed by atoms with Crippen molar-refractivity contribution < 1.29 is 52.6 Å². The molecule has 0 aliphatic carbocycles. The summed E-state index contributed by atoms with van der Waals surface area (Å²) >= 11 is 0. The van der Waals surface area contributed by atoms with E-state index in [0.717, 1.165) is 117 Å². The topological polar surface area (TPSA) is 193 Å². The van der Waals surface area contributed by atoms with Crippen LogP contribution in [0.5, 0.6) is 11.5 Å². The molecule has 1 atom stereocenters. The van der Waals surface area contributed by atoms with Gasteiger partial charge in [-0.2, -0.15) is 28.4 Å². The number of benzene rings is 13. The zero-order valence-electron chi connectivity index (χ0n) is 57.4. The quantitative estimate of drug-likeness (QED) is 0.0282. The number of azo groups is 2. The number of aromatic amines is 2. The fourth-order valence-electron chi connectivity index (χ4n) is 12.1. The Labute approximate surface area is 609 Å². The smallest absolute Gasteiger partial charge is 0.150 e. The molecule has 0 spiro atoms. The van der Waals surface area contributed by atoms with Gasteiger partial charge in [-0.25, -0.2) is 5.90 Å². The van der Waals surface area contributed by atoms with E-state index in [1.807, 2.05) is 192 Å². The van der Waals surface area contributed by atoms with Crippen molar-refractivity contribution in [2.45, 2.75) is 60.7 Å². The number of aryl methyl sites for hydroxylation is 4. The van der Waals surface area contributed by atoms with Crippen molar-refractivity contribution in [3.63, 3.8) is 0 Å². The van der Waals surface area contributed by atoms with E-state index in [4.69, 9.17) is 15.6 Å². The molecule has 0 amide bonds. The second kappa shape index (κ2) is 33.6. The number of anilines is 5. The number of phenolic OH excluding ortho intramolecular Hbond substituents is 2. The first-order valence-electron chi connectivity index (χ1n) is 32.8. The van der Waals surface area contributed by atoms with Crippen molar-refractivity contribution in [3.8, 4) is 11.5 Å². The van der Waals surface area contributed by atoms with Crippen LogP contribution in [0.1, 0.15) is 65.8 Å². The van der Waals surface area contributed by atoms with Gasteiger partial charge in [-0.1, -0.05) is 189 Å². The molecule has 0 saturated heterocycles. The van der Waals surface area contributed by atoms with E-state index in [0.29, 0.717) is 33.9 Å². The number of hydrogen-bond acceptors (Lipinski definition) is 12. The molecular weight excluding hydrogens is 1310 g/mol. The third-order valence-corrected chi connectivity index (χ3v) is 17.2. The molecule has 15 heteroatoms. The largest absolute Gasteiger partial charge is 0.505 e. The van der Waals surface area contributed by atoms with Crippen molar-refractivity contribution in [2.24, 2.45) is 26.4 Å². The van der Waals surface area contributed by atoms with Gasteiger partial charge in [0.15, 0.2) is 0 Å². The first-order valence-corrected chi connectivity index (χ1v) is 32.8. The van der Waals surface area contributed by atoms with Crippen LogP contribution in [-0.4, -0.2) is 27.2 Å². The second-order valence-electron chi connectivity index (χ2n) is 23.5. The summed E-state index contributed by atoms with van der Waals surface area (Å²) in [5.74, 6) is 5.76. The predicted octanol–water partition coefficient (Wildman–Crippen LogP) is 23.7. The molecule has 15 rings (SSSR count). The van der Waals surface area contributed by atoms with Crippen molar-refractivity contribution in [1.82, 2.24) is 9.97 Å². The average molecular weight is 1390 g/mol. The number of hydrogen-bond donors (Lipinski definition) is 7. The zero-order valence-corrected chi connectivity index (χ0v) is 60.3. The van der Waals surface area contributed by atoms with Gasteiger partial charge in [0.25, 0.3) is 0 Å². The molecular formula is C85H80N10O4Y-2. The van der Waals surface area contributed by atoms with Crippen LogP contribution < -0.4 is 21.6 Å². The molecule has 0 fully saturated rings. The fraction of sp³-hybridized carbons (Fsp3) is 0.118. The van der Waals surface area contributed by atoms with E-state index in [1.54, 1.807) is 0 Å². The van der Waals surface area contributed by atoms with E-state index in [1.165, 1.54) is 11.1 Å². The molecule has 13 aromatic carbocycles. The van der Waals surface area contributed by atoms with Gasteiger partial charge in [-0.15, -0.1) is 22.4 Å². The Morgan fingerprint density at radius 3 is 1.51 bits per heavy atom. The van der Waals surface area contributed by atoms with Crippen LogP contribution in [0.2, 0.25) is 0 Å². The Balaban J connectivity index is 0.000000165. The summed E-state index contributed by atoms with van der Waals surface area (Å²) in [7, 11) is 1.87.